The van der Waals surface area contributed by atoms with E-state index >= 15 is 0 Å². The Morgan fingerprint density at radius 1 is 0.639 bits per heavy atom. The summed E-state index contributed by atoms with van der Waals surface area (Å²) in [5.41, 5.74) is 1.32. The van der Waals surface area contributed by atoms with Crippen molar-refractivity contribution in [1.82, 2.24) is 21.3 Å². The number of aliphatic hydroxyl groups is 2. The number of hydrogen-bond acceptors (Lipinski definition) is 6. The van der Waals surface area contributed by atoms with Crippen molar-refractivity contribution >= 4 is 23.6 Å². The lowest BCUT2D eigenvalue weighted by molar-refractivity contribution is -0.141. The highest BCUT2D eigenvalue weighted by Crippen LogP contribution is 2.19. The van der Waals surface area contributed by atoms with Gasteiger partial charge in [-0.05, 0) is 24.0 Å². The molecular formula is C26H32N4O6. The molecule has 192 valence electrons. The van der Waals surface area contributed by atoms with Crippen LogP contribution in [-0.2, 0) is 19.2 Å². The molecule has 2 aromatic rings. The fraction of sp³-hybridized carbons (Fsp3) is 0.385. The zero-order valence-corrected chi connectivity index (χ0v) is 19.9. The predicted octanol–water partition coefficient (Wildman–Crippen LogP) is 0.230. The van der Waals surface area contributed by atoms with Gasteiger partial charge in [-0.15, -0.1) is 0 Å². The molecule has 1 aliphatic rings. The Balaban J connectivity index is 1.56. The minimum absolute atomic E-state index is 0.377. The van der Waals surface area contributed by atoms with Crippen LogP contribution in [0.3, 0.4) is 0 Å². The van der Waals surface area contributed by atoms with Crippen LogP contribution >= 0.6 is 0 Å². The first-order chi connectivity index (χ1) is 17.4. The Bertz CT molecular complexity index is 950. The van der Waals surface area contributed by atoms with Crippen LogP contribution in [0.4, 0.5) is 0 Å². The Morgan fingerprint density at radius 2 is 1.00 bits per heavy atom. The summed E-state index contributed by atoms with van der Waals surface area (Å²) >= 11 is 0. The molecule has 0 aliphatic heterocycles. The number of hydrogen-bond donors (Lipinski definition) is 6. The zero-order chi connectivity index (χ0) is 25.9. The van der Waals surface area contributed by atoms with Crippen molar-refractivity contribution in [2.75, 3.05) is 13.2 Å². The predicted molar refractivity (Wildman–Crippen MR) is 131 cm³/mol. The topological polar surface area (TPSA) is 157 Å². The van der Waals surface area contributed by atoms with E-state index in [4.69, 9.17) is 0 Å². The third-order valence-electron chi connectivity index (χ3n) is 6.19. The van der Waals surface area contributed by atoms with Gasteiger partial charge in [0.25, 0.3) is 0 Å². The van der Waals surface area contributed by atoms with Crippen molar-refractivity contribution in [3.63, 3.8) is 0 Å². The fourth-order valence-electron chi connectivity index (χ4n) is 4.23. The molecule has 0 heterocycles. The maximum Gasteiger partial charge on any atom is 0.309 e. The van der Waals surface area contributed by atoms with Gasteiger partial charge in [-0.25, -0.2) is 0 Å². The first-order valence-electron chi connectivity index (χ1n) is 12.0. The summed E-state index contributed by atoms with van der Waals surface area (Å²) in [4.78, 5) is 50.1. The largest absolute Gasteiger partial charge is 0.394 e. The molecule has 0 bridgehead atoms. The van der Waals surface area contributed by atoms with E-state index in [9.17, 15) is 29.4 Å². The first-order valence-corrected chi connectivity index (χ1v) is 12.0. The highest BCUT2D eigenvalue weighted by atomic mass is 16.3. The van der Waals surface area contributed by atoms with E-state index in [2.05, 4.69) is 21.3 Å². The van der Waals surface area contributed by atoms with Gasteiger partial charge >= 0.3 is 23.6 Å². The summed E-state index contributed by atoms with van der Waals surface area (Å²) in [6, 6.07) is 15.0. The van der Waals surface area contributed by atoms with Gasteiger partial charge in [0.2, 0.25) is 0 Å². The minimum Gasteiger partial charge on any atom is -0.394 e. The molecule has 0 saturated heterocycles. The summed E-state index contributed by atoms with van der Waals surface area (Å²) in [6.45, 7) is -0.754. The lowest BCUT2D eigenvalue weighted by Gasteiger charge is -2.32. The highest BCUT2D eigenvalue weighted by molar-refractivity contribution is 6.36. The number of carbonyl (C=O) groups is 4. The maximum atomic E-state index is 12.6. The number of rotatable bonds is 8. The Morgan fingerprint density at radius 3 is 1.33 bits per heavy atom. The number of carbonyl (C=O) groups excluding carboxylic acids is 4. The van der Waals surface area contributed by atoms with Gasteiger partial charge in [0.15, 0.2) is 0 Å². The zero-order valence-electron chi connectivity index (χ0n) is 19.9. The van der Waals surface area contributed by atoms with Gasteiger partial charge in [0, 0.05) is 12.1 Å². The SMILES string of the molecule is O=C(N[C@H](CO)c1ccccc1)C(=O)N[C@@H]1CCCC[C@H]1NC(=O)C(=O)N[C@H](CO)c1ccccc1. The van der Waals surface area contributed by atoms with Crippen LogP contribution in [0.2, 0.25) is 0 Å². The molecule has 3 rings (SSSR count). The van der Waals surface area contributed by atoms with Crippen LogP contribution in [0.5, 0.6) is 0 Å². The van der Waals surface area contributed by atoms with Crippen molar-refractivity contribution in [2.24, 2.45) is 0 Å². The molecule has 0 spiro atoms. The van der Waals surface area contributed by atoms with Crippen molar-refractivity contribution in [3.8, 4) is 0 Å². The molecule has 6 N–H and O–H groups in total. The molecule has 10 nitrogen and oxygen atoms in total. The third-order valence-corrected chi connectivity index (χ3v) is 6.19. The van der Waals surface area contributed by atoms with E-state index in [0.717, 1.165) is 12.8 Å². The summed E-state index contributed by atoms with van der Waals surface area (Å²) in [6.07, 6.45) is 2.62. The van der Waals surface area contributed by atoms with Crippen LogP contribution in [0.15, 0.2) is 60.7 Å². The van der Waals surface area contributed by atoms with E-state index in [1.807, 2.05) is 0 Å². The van der Waals surface area contributed by atoms with Gasteiger partial charge in [0.1, 0.15) is 0 Å². The molecule has 1 fully saturated rings. The molecule has 0 radical (unpaired) electrons. The molecule has 2 aromatic carbocycles. The van der Waals surface area contributed by atoms with Gasteiger partial charge in [-0.2, -0.15) is 0 Å². The van der Waals surface area contributed by atoms with Crippen molar-refractivity contribution in [3.05, 3.63) is 71.8 Å². The van der Waals surface area contributed by atoms with Gasteiger partial charge < -0.3 is 31.5 Å². The van der Waals surface area contributed by atoms with Crippen molar-refractivity contribution in [1.29, 1.82) is 0 Å². The summed E-state index contributed by atoms with van der Waals surface area (Å²) < 4.78 is 0. The standard InChI is InChI=1S/C26H32N4O6/c31-15-21(17-9-3-1-4-10-17)29-25(35)23(33)27-19-13-7-8-14-20(19)28-24(34)26(36)30-22(16-32)18-11-5-2-6-12-18/h1-6,9-12,19-22,31-32H,7-8,13-16H2,(H,27,33)(H,28,34)(H,29,35)(H,30,36)/t19-,20-,21-,22-/m1/s1. The molecule has 1 saturated carbocycles. The lowest BCUT2D eigenvalue weighted by atomic mass is 9.90. The lowest BCUT2D eigenvalue weighted by Crippen LogP contribution is -2.57. The molecule has 4 atom stereocenters. The maximum absolute atomic E-state index is 12.6. The second-order valence-corrected chi connectivity index (χ2v) is 8.68. The van der Waals surface area contributed by atoms with Crippen LogP contribution in [0.1, 0.15) is 48.9 Å². The normalized spacial score (nSPS) is 18.8. The molecule has 10 heteroatoms. The second kappa shape index (κ2) is 13.4. The number of aliphatic hydroxyl groups excluding tert-OH is 2. The summed E-state index contributed by atoms with van der Waals surface area (Å²) in [7, 11) is 0. The van der Waals surface area contributed by atoms with Gasteiger partial charge in [0.05, 0.1) is 25.3 Å². The van der Waals surface area contributed by atoms with Crippen LogP contribution in [-0.4, -0.2) is 59.1 Å². The quantitative estimate of drug-likeness (QED) is 0.287. The molecule has 0 unspecified atom stereocenters. The second-order valence-electron chi connectivity index (χ2n) is 8.68. The Kier molecular flexibility index (Phi) is 9.96. The average molecular weight is 497 g/mol. The van der Waals surface area contributed by atoms with Crippen molar-refractivity contribution < 1.29 is 29.4 Å². The number of amides is 4. The minimum atomic E-state index is -0.903. The monoisotopic (exact) mass is 496 g/mol. The van der Waals surface area contributed by atoms with E-state index in [1.165, 1.54) is 0 Å². The highest BCUT2D eigenvalue weighted by Gasteiger charge is 2.32. The average Bonchev–Trinajstić information content (AvgIpc) is 2.92. The number of nitrogens with one attached hydrogen (secondary N) is 4. The Labute approximate surface area is 209 Å². The molecule has 0 aromatic heterocycles. The van der Waals surface area contributed by atoms with Gasteiger partial charge in [-0.3, -0.25) is 19.2 Å². The molecule has 1 aliphatic carbocycles. The molecular weight excluding hydrogens is 464 g/mol. The van der Waals surface area contributed by atoms with E-state index in [0.29, 0.717) is 24.0 Å². The smallest absolute Gasteiger partial charge is 0.309 e. The molecule has 4 amide bonds. The van der Waals surface area contributed by atoms with E-state index < -0.39 is 47.8 Å². The number of benzene rings is 2. The van der Waals surface area contributed by atoms with Crippen molar-refractivity contribution in [2.45, 2.75) is 49.9 Å². The van der Waals surface area contributed by atoms with Crippen LogP contribution in [0, 0.1) is 0 Å². The summed E-state index contributed by atoms with van der Waals surface area (Å²) in [5, 5.41) is 29.6. The summed E-state index contributed by atoms with van der Waals surface area (Å²) in [5.74, 6) is -3.58. The third kappa shape index (κ3) is 7.37. The molecule has 36 heavy (non-hydrogen) atoms. The van der Waals surface area contributed by atoms with Gasteiger partial charge in [-0.1, -0.05) is 73.5 Å². The van der Waals surface area contributed by atoms with E-state index in [1.54, 1.807) is 60.7 Å². The Hall–Kier alpha value is -3.76. The van der Waals surface area contributed by atoms with Crippen LogP contribution < -0.4 is 21.3 Å². The van der Waals surface area contributed by atoms with E-state index in [-0.39, 0.29) is 13.2 Å². The van der Waals surface area contributed by atoms with Crippen LogP contribution in [0.25, 0.3) is 0 Å². The fourth-order valence-corrected chi connectivity index (χ4v) is 4.23. The first kappa shape index (κ1) is 26.8.